The van der Waals surface area contributed by atoms with Crippen molar-refractivity contribution in [3.8, 4) is 6.07 Å². The summed E-state index contributed by atoms with van der Waals surface area (Å²) in [5.74, 6) is 0. The molecule has 0 atom stereocenters. The van der Waals surface area contributed by atoms with Crippen molar-refractivity contribution in [2.24, 2.45) is 5.41 Å². The van der Waals surface area contributed by atoms with E-state index in [-0.39, 0.29) is 0 Å². The maximum absolute atomic E-state index is 8.76. The van der Waals surface area contributed by atoms with Crippen molar-refractivity contribution in [2.75, 3.05) is 26.2 Å². The zero-order valence-corrected chi connectivity index (χ0v) is 8.92. The Bertz CT molecular complexity index is 235. The van der Waals surface area contributed by atoms with Crippen molar-refractivity contribution in [2.45, 2.75) is 32.2 Å². The summed E-state index contributed by atoms with van der Waals surface area (Å²) in [6.45, 7) is 6.76. The Balaban J connectivity index is 1.85. The fraction of sp³-hybridized carbons (Fsp3) is 0.909. The lowest BCUT2D eigenvalue weighted by atomic mass is 10.0. The second kappa shape index (κ2) is 3.88. The normalized spacial score (nSPS) is 24.4. The van der Waals surface area contributed by atoms with Gasteiger partial charge in [0.05, 0.1) is 6.07 Å². The molecule has 0 radical (unpaired) electrons. The maximum Gasteiger partial charge on any atom is 0.0628 e. The first-order chi connectivity index (χ1) is 6.79. The predicted molar refractivity (Wildman–Crippen MR) is 55.8 cm³/mol. The van der Waals surface area contributed by atoms with Gasteiger partial charge in [-0.05, 0) is 24.8 Å². The van der Waals surface area contributed by atoms with Gasteiger partial charge in [0, 0.05) is 32.1 Å². The summed E-state index contributed by atoms with van der Waals surface area (Å²) in [5, 5.41) is 12.1. The van der Waals surface area contributed by atoms with Crippen LogP contribution in [0.25, 0.3) is 0 Å². The average Bonchev–Trinajstić information content (AvgIpc) is 2.81. The van der Waals surface area contributed by atoms with E-state index in [0.29, 0.717) is 5.41 Å². The van der Waals surface area contributed by atoms with Gasteiger partial charge in [-0.2, -0.15) is 5.26 Å². The molecule has 2 aliphatic rings. The third kappa shape index (κ3) is 1.92. The lowest BCUT2D eigenvalue weighted by Crippen LogP contribution is -2.58. The molecule has 0 aromatic rings. The SMILES string of the molecule is CCN(CC1(CC#N)CC1)C1CNC1. The molecule has 3 nitrogen and oxygen atoms in total. The number of hydrogen-bond acceptors (Lipinski definition) is 3. The highest BCUT2D eigenvalue weighted by Gasteiger charge is 2.44. The summed E-state index contributed by atoms with van der Waals surface area (Å²) in [6.07, 6.45) is 3.28. The Morgan fingerprint density at radius 2 is 2.21 bits per heavy atom. The number of likely N-dealkylation sites (N-methyl/N-ethyl adjacent to an activating group) is 1. The highest BCUT2D eigenvalue weighted by molar-refractivity contribution is 5.02. The largest absolute Gasteiger partial charge is 0.314 e. The monoisotopic (exact) mass is 193 g/mol. The van der Waals surface area contributed by atoms with Crippen LogP contribution < -0.4 is 5.32 Å². The Morgan fingerprint density at radius 1 is 1.50 bits per heavy atom. The van der Waals surface area contributed by atoms with Gasteiger partial charge in [-0.3, -0.25) is 4.90 Å². The van der Waals surface area contributed by atoms with Gasteiger partial charge in [0.25, 0.3) is 0 Å². The average molecular weight is 193 g/mol. The van der Waals surface area contributed by atoms with Crippen molar-refractivity contribution in [3.63, 3.8) is 0 Å². The molecule has 1 heterocycles. The molecule has 0 aromatic heterocycles. The molecule has 1 aliphatic carbocycles. The first-order valence-corrected chi connectivity index (χ1v) is 5.61. The van der Waals surface area contributed by atoms with E-state index in [4.69, 9.17) is 5.26 Å². The molecule has 3 heteroatoms. The fourth-order valence-corrected chi connectivity index (χ4v) is 2.20. The first-order valence-electron chi connectivity index (χ1n) is 5.61. The van der Waals surface area contributed by atoms with Crippen LogP contribution in [-0.4, -0.2) is 37.1 Å². The molecule has 1 saturated heterocycles. The highest BCUT2D eigenvalue weighted by Crippen LogP contribution is 2.49. The van der Waals surface area contributed by atoms with Crippen LogP contribution in [0.4, 0.5) is 0 Å². The summed E-state index contributed by atoms with van der Waals surface area (Å²) < 4.78 is 0. The van der Waals surface area contributed by atoms with E-state index in [1.54, 1.807) is 0 Å². The second-order valence-electron chi connectivity index (χ2n) is 4.71. The van der Waals surface area contributed by atoms with Gasteiger partial charge in [0.2, 0.25) is 0 Å². The van der Waals surface area contributed by atoms with E-state index in [0.717, 1.165) is 38.6 Å². The van der Waals surface area contributed by atoms with Crippen LogP contribution in [0.2, 0.25) is 0 Å². The van der Waals surface area contributed by atoms with Crippen LogP contribution in [0, 0.1) is 16.7 Å². The summed E-state index contributed by atoms with van der Waals surface area (Å²) in [7, 11) is 0. The summed E-state index contributed by atoms with van der Waals surface area (Å²) in [4.78, 5) is 2.54. The summed E-state index contributed by atoms with van der Waals surface area (Å²) >= 11 is 0. The molecule has 0 bridgehead atoms. The van der Waals surface area contributed by atoms with Gasteiger partial charge < -0.3 is 5.32 Å². The predicted octanol–water partition coefficient (Wildman–Crippen LogP) is 0.974. The van der Waals surface area contributed by atoms with Gasteiger partial charge in [-0.25, -0.2) is 0 Å². The minimum absolute atomic E-state index is 0.375. The van der Waals surface area contributed by atoms with Gasteiger partial charge in [0.15, 0.2) is 0 Å². The zero-order valence-electron chi connectivity index (χ0n) is 8.92. The molecule has 78 valence electrons. The third-order valence-corrected chi connectivity index (χ3v) is 3.63. The Hall–Kier alpha value is -0.590. The topological polar surface area (TPSA) is 39.1 Å². The molecular weight excluding hydrogens is 174 g/mol. The quantitative estimate of drug-likeness (QED) is 0.707. The van der Waals surface area contributed by atoms with Crippen LogP contribution in [0.5, 0.6) is 0 Å². The molecule has 2 rings (SSSR count). The van der Waals surface area contributed by atoms with Gasteiger partial charge in [0.1, 0.15) is 0 Å². The van der Waals surface area contributed by atoms with Crippen LogP contribution >= 0.6 is 0 Å². The minimum Gasteiger partial charge on any atom is -0.314 e. The van der Waals surface area contributed by atoms with Crippen LogP contribution in [-0.2, 0) is 0 Å². The maximum atomic E-state index is 8.76. The van der Waals surface area contributed by atoms with Gasteiger partial charge in [-0.1, -0.05) is 6.92 Å². The number of nitrogens with zero attached hydrogens (tertiary/aromatic N) is 2. The van der Waals surface area contributed by atoms with Crippen LogP contribution in [0.3, 0.4) is 0 Å². The smallest absolute Gasteiger partial charge is 0.0628 e. The van der Waals surface area contributed by atoms with Crippen LogP contribution in [0.1, 0.15) is 26.2 Å². The molecule has 1 N–H and O–H groups in total. The lowest BCUT2D eigenvalue weighted by molar-refractivity contribution is 0.124. The van der Waals surface area contributed by atoms with Crippen molar-refractivity contribution >= 4 is 0 Å². The standard InChI is InChI=1S/C11H19N3/c1-2-14(10-7-13-8-10)9-11(3-4-11)5-6-12/h10,13H,2-5,7-9H2,1H3. The molecule has 0 aromatic carbocycles. The van der Waals surface area contributed by atoms with E-state index in [1.807, 2.05) is 0 Å². The van der Waals surface area contributed by atoms with E-state index in [2.05, 4.69) is 23.2 Å². The minimum atomic E-state index is 0.375. The number of hydrogen-bond donors (Lipinski definition) is 1. The molecule has 0 amide bonds. The van der Waals surface area contributed by atoms with Gasteiger partial charge in [-0.15, -0.1) is 0 Å². The summed E-state index contributed by atoms with van der Waals surface area (Å²) in [5.41, 5.74) is 0.375. The summed E-state index contributed by atoms with van der Waals surface area (Å²) in [6, 6.07) is 3.07. The molecular formula is C11H19N3. The zero-order chi connectivity index (χ0) is 10.0. The second-order valence-corrected chi connectivity index (χ2v) is 4.71. The number of rotatable bonds is 5. The number of nitriles is 1. The van der Waals surface area contributed by atoms with E-state index < -0.39 is 0 Å². The van der Waals surface area contributed by atoms with Crippen molar-refractivity contribution in [1.29, 1.82) is 5.26 Å². The molecule has 1 aliphatic heterocycles. The first kappa shape index (κ1) is 9.95. The van der Waals surface area contributed by atoms with Gasteiger partial charge >= 0.3 is 0 Å². The van der Waals surface area contributed by atoms with Crippen LogP contribution in [0.15, 0.2) is 0 Å². The van der Waals surface area contributed by atoms with Crippen molar-refractivity contribution < 1.29 is 0 Å². The molecule has 1 saturated carbocycles. The Kier molecular flexibility index (Phi) is 2.76. The van der Waals surface area contributed by atoms with Crippen molar-refractivity contribution in [1.82, 2.24) is 10.2 Å². The number of nitrogens with one attached hydrogen (secondary N) is 1. The third-order valence-electron chi connectivity index (χ3n) is 3.63. The van der Waals surface area contributed by atoms with E-state index in [1.165, 1.54) is 12.8 Å². The molecule has 0 spiro atoms. The molecule has 14 heavy (non-hydrogen) atoms. The lowest BCUT2D eigenvalue weighted by Gasteiger charge is -2.39. The Morgan fingerprint density at radius 3 is 2.57 bits per heavy atom. The van der Waals surface area contributed by atoms with Crippen molar-refractivity contribution in [3.05, 3.63) is 0 Å². The Labute approximate surface area is 86.1 Å². The highest BCUT2D eigenvalue weighted by atomic mass is 15.2. The molecule has 2 fully saturated rings. The van der Waals surface area contributed by atoms with E-state index in [9.17, 15) is 0 Å². The van der Waals surface area contributed by atoms with E-state index >= 15 is 0 Å². The molecule has 0 unspecified atom stereocenters. The fourth-order valence-electron chi connectivity index (χ4n) is 2.20.